The zero-order valence-corrected chi connectivity index (χ0v) is 20.4. The van der Waals surface area contributed by atoms with Crippen LogP contribution in [0.4, 0.5) is 0 Å². The maximum Gasteiger partial charge on any atom is 0.250 e. The third-order valence-electron chi connectivity index (χ3n) is 6.38. The molecule has 0 saturated carbocycles. The third kappa shape index (κ3) is 4.08. The molecule has 0 spiro atoms. The number of para-hydroxylation sites is 1. The summed E-state index contributed by atoms with van der Waals surface area (Å²) in [5.41, 5.74) is 13.4. The van der Waals surface area contributed by atoms with Crippen LogP contribution < -0.4 is 5.43 Å². The van der Waals surface area contributed by atoms with Gasteiger partial charge in [0, 0.05) is 22.6 Å². The lowest BCUT2D eigenvalue weighted by atomic mass is 10.1. The molecule has 4 aromatic rings. The maximum absolute atomic E-state index is 12.6. The van der Waals surface area contributed by atoms with E-state index in [9.17, 15) is 4.79 Å². The normalized spacial score (nSPS) is 12.7. The van der Waals surface area contributed by atoms with Gasteiger partial charge in [0.1, 0.15) is 0 Å². The fourth-order valence-electron chi connectivity index (χ4n) is 4.76. The molecule has 1 amide bonds. The van der Waals surface area contributed by atoms with Crippen molar-refractivity contribution in [3.05, 3.63) is 113 Å². The molecule has 0 unspecified atom stereocenters. The van der Waals surface area contributed by atoms with Gasteiger partial charge in [-0.25, -0.2) is 5.43 Å². The molecule has 0 radical (unpaired) electrons. The number of nitrogens with zero attached hydrogens (tertiary/aromatic N) is 2. The maximum atomic E-state index is 12.6. The molecule has 4 nitrogen and oxygen atoms in total. The van der Waals surface area contributed by atoms with Crippen molar-refractivity contribution in [1.82, 2.24) is 9.99 Å². The van der Waals surface area contributed by atoms with E-state index in [0.29, 0.717) is 5.75 Å². The number of carbonyl (C=O) groups excluding carboxylic acids is 1. The van der Waals surface area contributed by atoms with Gasteiger partial charge < -0.3 is 4.57 Å². The summed E-state index contributed by atoms with van der Waals surface area (Å²) in [4.78, 5) is 12.6. The Hall–Kier alpha value is -3.57. The molecule has 1 aliphatic rings. The molecule has 1 N–H and O–H groups in total. The number of nitrogens with one attached hydrogen (secondary N) is 1. The van der Waals surface area contributed by atoms with Crippen LogP contribution in [-0.2, 0) is 4.79 Å². The van der Waals surface area contributed by atoms with Gasteiger partial charge in [-0.15, -0.1) is 11.8 Å². The van der Waals surface area contributed by atoms with E-state index >= 15 is 0 Å². The molecule has 0 fully saturated rings. The van der Waals surface area contributed by atoms with Crippen molar-refractivity contribution in [2.45, 2.75) is 26.0 Å². The Bertz CT molecular complexity index is 1360. The Balaban J connectivity index is 1.25. The molecule has 5 heteroatoms. The Morgan fingerprint density at radius 3 is 2.24 bits per heavy atom. The van der Waals surface area contributed by atoms with Gasteiger partial charge in [-0.2, -0.15) is 5.10 Å². The van der Waals surface area contributed by atoms with Gasteiger partial charge >= 0.3 is 0 Å². The average Bonchev–Trinajstić information content (AvgIpc) is 3.31. The van der Waals surface area contributed by atoms with Crippen LogP contribution in [0.25, 0.3) is 16.8 Å². The number of aryl methyl sites for hydroxylation is 2. The highest BCUT2D eigenvalue weighted by Gasteiger charge is 2.28. The third-order valence-corrected chi connectivity index (χ3v) is 7.65. The summed E-state index contributed by atoms with van der Waals surface area (Å²) in [6.07, 6.45) is 1.74. The molecule has 3 aromatic carbocycles. The average molecular weight is 466 g/mol. The molecule has 1 aliphatic carbocycles. The van der Waals surface area contributed by atoms with Crippen molar-refractivity contribution in [1.29, 1.82) is 0 Å². The number of thioether (sulfide) groups is 1. The van der Waals surface area contributed by atoms with Crippen LogP contribution in [0.2, 0.25) is 0 Å². The van der Waals surface area contributed by atoms with Gasteiger partial charge in [-0.3, -0.25) is 4.79 Å². The number of hydrogen-bond donors (Lipinski definition) is 1. The van der Waals surface area contributed by atoms with Gasteiger partial charge in [0.15, 0.2) is 0 Å². The van der Waals surface area contributed by atoms with Crippen LogP contribution in [0.5, 0.6) is 0 Å². The standard InChI is InChI=1S/C29H27N3OS/c1-19-10-4-9-15-27(19)32-20(2)16-22(21(32)3)17-30-31-28(33)18-34-29-25-13-7-5-11-23(25)24-12-6-8-14-26(24)29/h4-17,29H,18H2,1-3H3,(H,31,33)/b30-17+. The summed E-state index contributed by atoms with van der Waals surface area (Å²) >= 11 is 1.64. The fourth-order valence-corrected chi connectivity index (χ4v) is 5.91. The first-order chi connectivity index (χ1) is 16.5. The zero-order valence-electron chi connectivity index (χ0n) is 19.6. The second-order valence-corrected chi connectivity index (χ2v) is 9.70. The van der Waals surface area contributed by atoms with Crippen LogP contribution in [0.15, 0.2) is 84.0 Å². The number of fused-ring (bicyclic) bond motifs is 3. The SMILES string of the molecule is Cc1ccccc1-n1c(C)cc(/C=N/NC(=O)CSC2c3ccccc3-c3ccccc32)c1C. The molecule has 0 atom stereocenters. The monoisotopic (exact) mass is 465 g/mol. The predicted octanol–water partition coefficient (Wildman–Crippen LogP) is 6.36. The summed E-state index contributed by atoms with van der Waals surface area (Å²) in [5, 5.41) is 4.42. The van der Waals surface area contributed by atoms with Gasteiger partial charge in [0.25, 0.3) is 0 Å². The van der Waals surface area contributed by atoms with Crippen molar-refractivity contribution in [3.8, 4) is 16.8 Å². The number of benzene rings is 3. The number of hydrogen-bond acceptors (Lipinski definition) is 3. The topological polar surface area (TPSA) is 46.4 Å². The van der Waals surface area contributed by atoms with Crippen molar-refractivity contribution >= 4 is 23.9 Å². The first-order valence-electron chi connectivity index (χ1n) is 11.4. The Labute approximate surface area is 204 Å². The van der Waals surface area contributed by atoms with Gasteiger partial charge in [-0.05, 0) is 60.7 Å². The van der Waals surface area contributed by atoms with Crippen LogP contribution >= 0.6 is 11.8 Å². The minimum absolute atomic E-state index is 0.101. The van der Waals surface area contributed by atoms with Gasteiger partial charge in [-0.1, -0.05) is 66.7 Å². The first kappa shape index (κ1) is 22.2. The van der Waals surface area contributed by atoms with Crippen molar-refractivity contribution in [2.24, 2.45) is 5.10 Å². The number of aromatic nitrogens is 1. The molecule has 5 rings (SSSR count). The van der Waals surface area contributed by atoms with E-state index in [1.165, 1.54) is 27.8 Å². The van der Waals surface area contributed by atoms with E-state index in [2.05, 4.69) is 103 Å². The van der Waals surface area contributed by atoms with Gasteiger partial charge in [0.2, 0.25) is 5.91 Å². The minimum atomic E-state index is -0.101. The van der Waals surface area contributed by atoms with Crippen LogP contribution in [0.1, 0.15) is 38.9 Å². The molecule has 0 saturated heterocycles. The lowest BCUT2D eigenvalue weighted by Gasteiger charge is -2.12. The minimum Gasteiger partial charge on any atom is -0.318 e. The molecular formula is C29H27N3OS. The molecule has 1 heterocycles. The summed E-state index contributed by atoms with van der Waals surface area (Å²) in [6.45, 7) is 6.28. The summed E-state index contributed by atoms with van der Waals surface area (Å²) in [7, 11) is 0. The van der Waals surface area contributed by atoms with E-state index in [-0.39, 0.29) is 11.2 Å². The summed E-state index contributed by atoms with van der Waals surface area (Å²) in [6, 6.07) is 27.3. The molecular weight excluding hydrogens is 438 g/mol. The van der Waals surface area contributed by atoms with E-state index in [1.54, 1.807) is 18.0 Å². The van der Waals surface area contributed by atoms with Crippen LogP contribution in [-0.4, -0.2) is 22.4 Å². The van der Waals surface area contributed by atoms with E-state index in [1.807, 2.05) is 12.1 Å². The number of rotatable bonds is 6. The molecule has 0 bridgehead atoms. The summed E-state index contributed by atoms with van der Waals surface area (Å²) < 4.78 is 2.23. The Morgan fingerprint density at radius 1 is 0.941 bits per heavy atom. The van der Waals surface area contributed by atoms with Crippen molar-refractivity contribution < 1.29 is 4.79 Å². The number of amides is 1. The smallest absolute Gasteiger partial charge is 0.250 e. The highest BCUT2D eigenvalue weighted by atomic mass is 32.2. The van der Waals surface area contributed by atoms with E-state index < -0.39 is 0 Å². The van der Waals surface area contributed by atoms with E-state index in [4.69, 9.17) is 0 Å². The van der Waals surface area contributed by atoms with Crippen LogP contribution in [0, 0.1) is 20.8 Å². The van der Waals surface area contributed by atoms with E-state index in [0.717, 1.165) is 22.6 Å². The fraction of sp³-hybridized carbons (Fsp3) is 0.172. The van der Waals surface area contributed by atoms with Crippen molar-refractivity contribution in [3.63, 3.8) is 0 Å². The second kappa shape index (κ2) is 9.35. The molecule has 170 valence electrons. The Kier molecular flexibility index (Phi) is 6.12. The second-order valence-electron chi connectivity index (χ2n) is 8.61. The van der Waals surface area contributed by atoms with Crippen molar-refractivity contribution in [2.75, 3.05) is 5.75 Å². The predicted molar refractivity (Wildman–Crippen MR) is 142 cm³/mol. The number of hydrazone groups is 1. The highest BCUT2D eigenvalue weighted by molar-refractivity contribution is 8.00. The lowest BCUT2D eigenvalue weighted by Crippen LogP contribution is -2.20. The zero-order chi connectivity index (χ0) is 23.7. The molecule has 34 heavy (non-hydrogen) atoms. The quantitative estimate of drug-likeness (QED) is 0.266. The van der Waals surface area contributed by atoms with Crippen LogP contribution in [0.3, 0.4) is 0 Å². The molecule has 0 aliphatic heterocycles. The van der Waals surface area contributed by atoms with Gasteiger partial charge in [0.05, 0.1) is 17.2 Å². The summed E-state index contributed by atoms with van der Waals surface area (Å²) in [5.74, 6) is 0.239. The highest BCUT2D eigenvalue weighted by Crippen LogP contribution is 2.49. The lowest BCUT2D eigenvalue weighted by molar-refractivity contribution is -0.118. The molecule has 1 aromatic heterocycles. The first-order valence-corrected chi connectivity index (χ1v) is 12.5. The Morgan fingerprint density at radius 2 is 1.56 bits per heavy atom. The largest absolute Gasteiger partial charge is 0.318 e. The number of carbonyl (C=O) groups is 1.